The Bertz CT molecular complexity index is 4.14. The maximum atomic E-state index is 0. The summed E-state index contributed by atoms with van der Waals surface area (Å²) in [4.78, 5) is 0. The topological polar surface area (TPSA) is 0 Å². The molecule has 0 rings (SSSR count). The molecule has 0 fully saturated rings. The number of hydrogen-bond acceptors (Lipinski definition) is 0. The first-order valence-electron chi connectivity index (χ1n) is 0. The van der Waals surface area contributed by atoms with Crippen molar-refractivity contribution in [3.63, 3.8) is 0 Å². The first kappa shape index (κ1) is 1020. The van der Waals surface area contributed by atoms with E-state index < -0.39 is 0 Å². The first-order valence-corrected chi connectivity index (χ1v) is 0. The van der Waals surface area contributed by atoms with Crippen LogP contribution in [0, 0.1) is 29.2 Å². The smallest absolute Gasteiger partial charge is 0 e. The van der Waals surface area contributed by atoms with Crippen molar-refractivity contribution in [2.75, 3.05) is 0 Å². The molecule has 54 valence electrons. The van der Waals surface area contributed by atoms with Crippen molar-refractivity contribution in [1.82, 2.24) is 0 Å². The maximum Gasteiger partial charge on any atom is 0 e. The second-order valence-corrected chi connectivity index (χ2v) is 0. The molecule has 0 saturated carbocycles. The maximum absolute atomic E-state index is 0. The Morgan fingerprint density at radius 3 is 0.286 bits per heavy atom. The van der Waals surface area contributed by atoms with E-state index in [1.165, 1.54) is 0 Å². The third-order valence-electron chi connectivity index (χ3n) is 0. The fraction of sp³-hybridized carbons (Fsp3) is 0. The molecule has 0 aliphatic heterocycles. The molecular formula is F6Pu-6. The zero-order chi connectivity index (χ0) is 0. The van der Waals surface area contributed by atoms with Gasteiger partial charge in [0, 0.05) is 29.2 Å². The van der Waals surface area contributed by atoms with Crippen molar-refractivity contribution in [2.45, 2.75) is 0 Å². The summed E-state index contributed by atoms with van der Waals surface area (Å²) < 4.78 is 0. The standard InChI is InChI=1S/6FH.Pu/h6*1H;/p-6. The van der Waals surface area contributed by atoms with Gasteiger partial charge >= 0.3 is 0 Å². The SMILES string of the molecule is [F-].[F-].[F-].[F-].[F-].[F-].[Pu]. The molecule has 0 amide bonds. The second kappa shape index (κ2) is 633. The van der Waals surface area contributed by atoms with E-state index in [-0.39, 0.29) is 57.4 Å². The summed E-state index contributed by atoms with van der Waals surface area (Å²) in [5.41, 5.74) is 0. The third-order valence-corrected chi connectivity index (χ3v) is 0. The zero-order valence-electron chi connectivity index (χ0n) is 2.68. The van der Waals surface area contributed by atoms with Gasteiger partial charge in [0.15, 0.2) is 0 Å². The summed E-state index contributed by atoms with van der Waals surface area (Å²) >= 11 is 0. The van der Waals surface area contributed by atoms with E-state index in [9.17, 15) is 0 Å². The molecule has 0 aromatic heterocycles. The van der Waals surface area contributed by atoms with Crippen LogP contribution in [0.5, 0.6) is 0 Å². The van der Waals surface area contributed by atoms with Gasteiger partial charge in [0.1, 0.15) is 0 Å². The molecule has 0 radical (unpaired) electrons. The summed E-state index contributed by atoms with van der Waals surface area (Å²) in [7, 11) is 0. The normalized spacial score (nSPS) is 0. The van der Waals surface area contributed by atoms with Gasteiger partial charge < -0.3 is 28.2 Å². The van der Waals surface area contributed by atoms with Gasteiger partial charge in [-0.3, -0.25) is 0 Å². The summed E-state index contributed by atoms with van der Waals surface area (Å²) in [6, 6.07) is 0. The monoisotopic (exact) mass is 352 g/mol. The number of rotatable bonds is 0. The van der Waals surface area contributed by atoms with Gasteiger partial charge in [0.25, 0.3) is 0 Å². The van der Waals surface area contributed by atoms with Crippen molar-refractivity contribution in [3.05, 3.63) is 0 Å². The summed E-state index contributed by atoms with van der Waals surface area (Å²) in [5, 5.41) is 0. The molecule has 0 atom stereocenters. The van der Waals surface area contributed by atoms with E-state index in [0.717, 1.165) is 0 Å². The van der Waals surface area contributed by atoms with E-state index in [4.69, 9.17) is 0 Å². The van der Waals surface area contributed by atoms with E-state index in [2.05, 4.69) is 0 Å². The molecule has 0 N–H and O–H groups in total. The minimum Gasteiger partial charge on any atom is -1.00 e. The Morgan fingerprint density at radius 1 is 0.286 bits per heavy atom. The molecule has 0 nitrogen and oxygen atoms in total. The van der Waals surface area contributed by atoms with Gasteiger partial charge in [-0.25, -0.2) is 0 Å². The molecule has 7 heteroatoms. The van der Waals surface area contributed by atoms with Crippen molar-refractivity contribution < 1.29 is 57.4 Å². The summed E-state index contributed by atoms with van der Waals surface area (Å²) in [6.45, 7) is 0. The van der Waals surface area contributed by atoms with Gasteiger partial charge in [0.05, 0.1) is 0 Å². The second-order valence-electron chi connectivity index (χ2n) is 0. The Balaban J connectivity index is 0. The quantitative estimate of drug-likeness (QED) is 0.378. The summed E-state index contributed by atoms with van der Waals surface area (Å²) in [6.07, 6.45) is 0. The average Bonchev–Trinajstić information content (AvgIpc) is 0. The van der Waals surface area contributed by atoms with Crippen LogP contribution in [0.1, 0.15) is 0 Å². The number of halogens is 6. The number of hydrogen-bond donors (Lipinski definition) is 0. The molecule has 0 heterocycles. The van der Waals surface area contributed by atoms with Crippen LogP contribution in [0.15, 0.2) is 0 Å². The molecular weight excluding hydrogens is 358 g/mol. The Kier molecular flexibility index (Phi) is 91800. The van der Waals surface area contributed by atoms with Crippen LogP contribution in [0.2, 0.25) is 0 Å². The Morgan fingerprint density at radius 2 is 0.286 bits per heavy atom. The molecule has 0 saturated heterocycles. The van der Waals surface area contributed by atoms with Crippen LogP contribution in [-0.2, 0) is 0 Å². The van der Waals surface area contributed by atoms with Crippen LogP contribution in [0.25, 0.3) is 0 Å². The van der Waals surface area contributed by atoms with Crippen LogP contribution < -0.4 is 28.2 Å². The Labute approximate surface area is 57.8 Å². The largest absolute Gasteiger partial charge is 1.00 e. The summed E-state index contributed by atoms with van der Waals surface area (Å²) in [5.74, 6) is 0. The molecule has 0 bridgehead atoms. The average molecular weight is 358 g/mol. The van der Waals surface area contributed by atoms with Crippen LogP contribution >= 0.6 is 0 Å². The van der Waals surface area contributed by atoms with Gasteiger partial charge in [-0.15, -0.1) is 0 Å². The van der Waals surface area contributed by atoms with Crippen LogP contribution in [0.3, 0.4) is 0 Å². The molecule has 0 aromatic carbocycles. The fourth-order valence-corrected chi connectivity index (χ4v) is 0. The van der Waals surface area contributed by atoms with Crippen LogP contribution in [0.4, 0.5) is 0 Å². The van der Waals surface area contributed by atoms with Crippen molar-refractivity contribution in [3.8, 4) is 0 Å². The molecule has 0 aliphatic rings. The molecule has 0 aromatic rings. The van der Waals surface area contributed by atoms with Gasteiger partial charge in [-0.1, -0.05) is 0 Å². The van der Waals surface area contributed by atoms with Crippen LogP contribution in [-0.4, -0.2) is 0 Å². The van der Waals surface area contributed by atoms with Crippen molar-refractivity contribution >= 4 is 0 Å². The predicted octanol–water partition coefficient (Wildman–Crippen LogP) is -18.0. The van der Waals surface area contributed by atoms with Gasteiger partial charge in [0.2, 0.25) is 0 Å². The van der Waals surface area contributed by atoms with E-state index >= 15 is 0 Å². The van der Waals surface area contributed by atoms with Gasteiger partial charge in [-0.05, 0) is 0 Å². The first-order chi connectivity index (χ1) is 0. The van der Waals surface area contributed by atoms with E-state index in [0.29, 0.717) is 0 Å². The van der Waals surface area contributed by atoms with E-state index in [1.807, 2.05) is 0 Å². The molecule has 0 aliphatic carbocycles. The van der Waals surface area contributed by atoms with E-state index in [1.54, 1.807) is 0 Å². The van der Waals surface area contributed by atoms with Crippen molar-refractivity contribution in [1.29, 1.82) is 0 Å². The molecule has 7 heavy (non-hydrogen) atoms. The third kappa shape index (κ3) is 426. The predicted molar refractivity (Wildman–Crippen MR) is 0 cm³/mol. The molecule has 0 spiro atoms. The van der Waals surface area contributed by atoms with Crippen molar-refractivity contribution in [2.24, 2.45) is 0 Å². The van der Waals surface area contributed by atoms with Gasteiger partial charge in [-0.2, -0.15) is 0 Å². The Hall–Kier alpha value is 0.567. The minimum atomic E-state index is 0. The molecule has 0 unspecified atom stereocenters. The fourth-order valence-electron chi connectivity index (χ4n) is 0. The minimum absolute atomic E-state index is 0. The zero-order valence-corrected chi connectivity index (χ0v) is 6.08.